The number of nitro groups is 1. The van der Waals surface area contributed by atoms with Crippen LogP contribution in [0.3, 0.4) is 0 Å². The SMILES string of the molecule is Br.N[C@@H](Cc1ccc([N+](=O)[O-])cc1)c1nc(CC(F)(F)F)cs1. The zero-order valence-corrected chi connectivity index (χ0v) is 14.1. The van der Waals surface area contributed by atoms with E-state index in [-0.39, 0.29) is 28.4 Å². The smallest absolute Gasteiger partial charge is 0.322 e. The van der Waals surface area contributed by atoms with E-state index in [9.17, 15) is 23.3 Å². The highest BCUT2D eigenvalue weighted by molar-refractivity contribution is 8.93. The lowest BCUT2D eigenvalue weighted by Gasteiger charge is -2.08. The molecule has 0 spiro atoms. The van der Waals surface area contributed by atoms with Crippen LogP contribution in [0.25, 0.3) is 0 Å². The summed E-state index contributed by atoms with van der Waals surface area (Å²) in [6.45, 7) is 0. The van der Waals surface area contributed by atoms with Gasteiger partial charge in [-0.3, -0.25) is 10.1 Å². The molecule has 5 nitrogen and oxygen atoms in total. The minimum atomic E-state index is -4.30. The second-order valence-corrected chi connectivity index (χ2v) is 5.59. The summed E-state index contributed by atoms with van der Waals surface area (Å²) in [6, 6.07) is 5.32. The summed E-state index contributed by atoms with van der Waals surface area (Å²) in [4.78, 5) is 14.0. The van der Waals surface area contributed by atoms with Crippen LogP contribution in [0.15, 0.2) is 29.6 Å². The molecule has 0 amide bonds. The van der Waals surface area contributed by atoms with Gasteiger partial charge in [-0.25, -0.2) is 4.98 Å². The molecule has 126 valence electrons. The summed E-state index contributed by atoms with van der Waals surface area (Å²) in [5.41, 5.74) is 6.61. The summed E-state index contributed by atoms with van der Waals surface area (Å²) in [7, 11) is 0. The maximum absolute atomic E-state index is 12.3. The summed E-state index contributed by atoms with van der Waals surface area (Å²) in [5.74, 6) is 0. The van der Waals surface area contributed by atoms with E-state index in [1.54, 1.807) is 12.1 Å². The Morgan fingerprint density at radius 3 is 2.43 bits per heavy atom. The van der Waals surface area contributed by atoms with Crippen LogP contribution in [0.2, 0.25) is 0 Å². The first-order valence-corrected chi connectivity index (χ1v) is 7.12. The first-order valence-electron chi connectivity index (χ1n) is 6.24. The van der Waals surface area contributed by atoms with Crippen molar-refractivity contribution < 1.29 is 18.1 Å². The van der Waals surface area contributed by atoms with Crippen LogP contribution in [0.5, 0.6) is 0 Å². The number of thiazole rings is 1. The van der Waals surface area contributed by atoms with Crippen molar-refractivity contribution in [1.82, 2.24) is 4.98 Å². The summed E-state index contributed by atoms with van der Waals surface area (Å²) in [6.07, 6.45) is -5.03. The van der Waals surface area contributed by atoms with Crippen molar-refractivity contribution in [2.24, 2.45) is 5.73 Å². The van der Waals surface area contributed by atoms with E-state index in [0.717, 1.165) is 16.9 Å². The number of nitrogens with two attached hydrogens (primary N) is 1. The molecule has 2 rings (SSSR count). The van der Waals surface area contributed by atoms with Crippen LogP contribution >= 0.6 is 28.3 Å². The van der Waals surface area contributed by atoms with Gasteiger partial charge in [-0.15, -0.1) is 28.3 Å². The van der Waals surface area contributed by atoms with Gasteiger partial charge in [0.25, 0.3) is 5.69 Å². The lowest BCUT2D eigenvalue weighted by Crippen LogP contribution is -2.15. The summed E-state index contributed by atoms with van der Waals surface area (Å²) in [5, 5.41) is 12.3. The molecule has 23 heavy (non-hydrogen) atoms. The molecule has 2 N–H and O–H groups in total. The van der Waals surface area contributed by atoms with Crippen molar-refractivity contribution in [1.29, 1.82) is 0 Å². The second kappa shape index (κ2) is 7.84. The van der Waals surface area contributed by atoms with Crippen molar-refractivity contribution in [3.8, 4) is 0 Å². The van der Waals surface area contributed by atoms with Gasteiger partial charge < -0.3 is 5.73 Å². The van der Waals surface area contributed by atoms with Gasteiger partial charge in [-0.05, 0) is 12.0 Å². The van der Waals surface area contributed by atoms with Crippen LogP contribution in [-0.2, 0) is 12.8 Å². The maximum atomic E-state index is 12.3. The van der Waals surface area contributed by atoms with Crippen LogP contribution in [0.1, 0.15) is 22.3 Å². The Labute approximate surface area is 144 Å². The van der Waals surface area contributed by atoms with Crippen molar-refractivity contribution in [2.75, 3.05) is 0 Å². The highest BCUT2D eigenvalue weighted by Crippen LogP contribution is 2.25. The Kier molecular flexibility index (Phi) is 6.66. The van der Waals surface area contributed by atoms with Gasteiger partial charge in [0.2, 0.25) is 0 Å². The van der Waals surface area contributed by atoms with Crippen LogP contribution in [-0.4, -0.2) is 16.1 Å². The van der Waals surface area contributed by atoms with Gasteiger partial charge in [0, 0.05) is 17.5 Å². The van der Waals surface area contributed by atoms with Gasteiger partial charge >= 0.3 is 6.18 Å². The molecule has 2 aromatic rings. The van der Waals surface area contributed by atoms with Gasteiger partial charge in [0.15, 0.2) is 0 Å². The van der Waals surface area contributed by atoms with Gasteiger partial charge in [0.05, 0.1) is 23.1 Å². The molecule has 0 aliphatic heterocycles. The predicted molar refractivity (Wildman–Crippen MR) is 85.9 cm³/mol. The van der Waals surface area contributed by atoms with E-state index in [0.29, 0.717) is 11.4 Å². The number of hydrogen-bond donors (Lipinski definition) is 1. The van der Waals surface area contributed by atoms with E-state index in [1.165, 1.54) is 17.5 Å². The molecule has 0 fully saturated rings. The standard InChI is InChI=1S/C13H12F3N3O2S.BrH/c14-13(15,16)6-9-7-22-12(18-9)11(17)5-8-1-3-10(4-2-8)19(20)21;/h1-4,7,11H,5-6,17H2;1H/t11-;/m0./s1. The molecule has 1 atom stereocenters. The lowest BCUT2D eigenvalue weighted by atomic mass is 10.1. The maximum Gasteiger partial charge on any atom is 0.394 e. The fourth-order valence-corrected chi connectivity index (χ4v) is 2.70. The zero-order chi connectivity index (χ0) is 16.3. The molecule has 0 unspecified atom stereocenters. The average molecular weight is 412 g/mol. The third-order valence-corrected chi connectivity index (χ3v) is 3.90. The number of nitro benzene ring substituents is 1. The lowest BCUT2D eigenvalue weighted by molar-refractivity contribution is -0.384. The van der Waals surface area contributed by atoms with Crippen LogP contribution < -0.4 is 5.73 Å². The number of aromatic nitrogens is 1. The van der Waals surface area contributed by atoms with Crippen molar-refractivity contribution >= 4 is 34.0 Å². The molecule has 1 heterocycles. The Bertz CT molecular complexity index is 661. The Morgan fingerprint density at radius 2 is 1.91 bits per heavy atom. The first-order chi connectivity index (χ1) is 10.2. The summed E-state index contributed by atoms with van der Waals surface area (Å²) >= 11 is 1.08. The molecule has 0 saturated heterocycles. The first kappa shape index (κ1) is 19.5. The minimum Gasteiger partial charge on any atom is -0.322 e. The number of halogens is 4. The molecular weight excluding hydrogens is 399 g/mol. The zero-order valence-electron chi connectivity index (χ0n) is 11.6. The molecule has 0 aliphatic rings. The third kappa shape index (κ3) is 5.88. The van der Waals surface area contributed by atoms with Crippen molar-refractivity contribution in [3.05, 3.63) is 56.0 Å². The monoisotopic (exact) mass is 411 g/mol. The topological polar surface area (TPSA) is 82.0 Å². The molecule has 0 bridgehead atoms. The van der Waals surface area contributed by atoms with E-state index < -0.39 is 23.6 Å². The molecule has 0 radical (unpaired) electrons. The molecule has 1 aromatic carbocycles. The Hall–Kier alpha value is -1.52. The van der Waals surface area contributed by atoms with Crippen molar-refractivity contribution in [3.63, 3.8) is 0 Å². The van der Waals surface area contributed by atoms with Crippen molar-refractivity contribution in [2.45, 2.75) is 25.1 Å². The number of alkyl halides is 3. The minimum absolute atomic E-state index is 0. The fraction of sp³-hybridized carbons (Fsp3) is 0.308. The number of benzene rings is 1. The number of hydrogen-bond acceptors (Lipinski definition) is 5. The molecule has 0 saturated carbocycles. The molecule has 10 heteroatoms. The second-order valence-electron chi connectivity index (χ2n) is 4.70. The van der Waals surface area contributed by atoms with Gasteiger partial charge in [-0.1, -0.05) is 12.1 Å². The summed E-state index contributed by atoms with van der Waals surface area (Å²) < 4.78 is 36.8. The fourth-order valence-electron chi connectivity index (χ4n) is 1.87. The Morgan fingerprint density at radius 1 is 1.30 bits per heavy atom. The van der Waals surface area contributed by atoms with Gasteiger partial charge in [0.1, 0.15) is 5.01 Å². The molecule has 1 aromatic heterocycles. The van der Waals surface area contributed by atoms with Crippen LogP contribution in [0.4, 0.5) is 18.9 Å². The molecule has 0 aliphatic carbocycles. The third-order valence-electron chi connectivity index (χ3n) is 2.87. The quantitative estimate of drug-likeness (QED) is 0.595. The van der Waals surface area contributed by atoms with Crippen LogP contribution in [0, 0.1) is 10.1 Å². The number of non-ortho nitro benzene ring substituents is 1. The Balaban J connectivity index is 0.00000264. The predicted octanol–water partition coefficient (Wildman–Crippen LogP) is 3.98. The normalized spacial score (nSPS) is 12.5. The highest BCUT2D eigenvalue weighted by Gasteiger charge is 2.29. The van der Waals surface area contributed by atoms with Gasteiger partial charge in [-0.2, -0.15) is 13.2 Å². The average Bonchev–Trinajstić information content (AvgIpc) is 2.85. The van der Waals surface area contributed by atoms with E-state index in [2.05, 4.69) is 4.98 Å². The highest BCUT2D eigenvalue weighted by atomic mass is 79.9. The van der Waals surface area contributed by atoms with E-state index in [1.807, 2.05) is 0 Å². The van der Waals surface area contributed by atoms with E-state index in [4.69, 9.17) is 5.73 Å². The van der Waals surface area contributed by atoms with E-state index >= 15 is 0 Å². The largest absolute Gasteiger partial charge is 0.394 e. The number of rotatable bonds is 5. The number of nitrogens with zero attached hydrogens (tertiary/aromatic N) is 2. The molecular formula is C13H13BrF3N3O2S.